The summed E-state index contributed by atoms with van der Waals surface area (Å²) in [6.45, 7) is 2.86. The van der Waals surface area contributed by atoms with Crippen LogP contribution in [-0.2, 0) is 11.2 Å². The van der Waals surface area contributed by atoms with Gasteiger partial charge in [0.05, 0.1) is 17.8 Å². The lowest BCUT2D eigenvalue weighted by Gasteiger charge is -2.30. The van der Waals surface area contributed by atoms with Crippen LogP contribution in [0.5, 0.6) is 11.6 Å². The van der Waals surface area contributed by atoms with Crippen molar-refractivity contribution >= 4 is 17.7 Å². The van der Waals surface area contributed by atoms with Gasteiger partial charge < -0.3 is 20.1 Å². The predicted octanol–water partition coefficient (Wildman–Crippen LogP) is 3.76. The number of anilines is 1. The number of rotatable bonds is 5. The van der Waals surface area contributed by atoms with Crippen molar-refractivity contribution in [2.45, 2.75) is 26.2 Å². The van der Waals surface area contributed by atoms with Gasteiger partial charge in [-0.25, -0.2) is 9.78 Å². The normalized spacial score (nSPS) is 16.6. The van der Waals surface area contributed by atoms with Gasteiger partial charge in [0.15, 0.2) is 0 Å². The lowest BCUT2D eigenvalue weighted by Crippen LogP contribution is -2.44. The maximum atomic E-state index is 12.3. The number of ether oxygens (including phenoxy) is 1. The van der Waals surface area contributed by atoms with Crippen LogP contribution in [0.4, 0.5) is 10.5 Å². The first kappa shape index (κ1) is 18.7. The molecule has 1 aromatic carbocycles. The predicted molar refractivity (Wildman–Crippen MR) is 101 cm³/mol. The average molecular weight is 369 g/mol. The Hall–Kier alpha value is -3.09. The Labute approximate surface area is 158 Å². The van der Waals surface area contributed by atoms with Crippen molar-refractivity contribution < 1.29 is 19.4 Å². The fourth-order valence-corrected chi connectivity index (χ4v) is 3.03. The molecule has 1 aliphatic rings. The number of pyridine rings is 1. The van der Waals surface area contributed by atoms with Crippen molar-refractivity contribution in [2.24, 2.45) is 5.92 Å². The van der Waals surface area contributed by atoms with E-state index < -0.39 is 11.9 Å². The number of nitrogens with one attached hydrogen (secondary N) is 1. The minimum atomic E-state index is -0.859. The summed E-state index contributed by atoms with van der Waals surface area (Å²) in [5, 5.41) is 11.9. The van der Waals surface area contributed by atoms with E-state index in [1.807, 2.05) is 24.3 Å². The zero-order valence-electron chi connectivity index (χ0n) is 15.2. The summed E-state index contributed by atoms with van der Waals surface area (Å²) in [6.07, 6.45) is 3.74. The van der Waals surface area contributed by atoms with Crippen LogP contribution < -0.4 is 10.1 Å². The molecule has 7 nitrogen and oxygen atoms in total. The van der Waals surface area contributed by atoms with E-state index in [1.54, 1.807) is 12.1 Å². The Morgan fingerprint density at radius 1 is 1.33 bits per heavy atom. The molecule has 142 valence electrons. The molecule has 1 fully saturated rings. The van der Waals surface area contributed by atoms with Crippen LogP contribution in [0.25, 0.3) is 0 Å². The van der Waals surface area contributed by atoms with Crippen molar-refractivity contribution in [3.63, 3.8) is 0 Å². The molecule has 0 saturated carbocycles. The summed E-state index contributed by atoms with van der Waals surface area (Å²) in [4.78, 5) is 29.2. The fourth-order valence-electron chi connectivity index (χ4n) is 3.03. The number of carbonyl (C=O) groups is 2. The number of aliphatic carboxylic acids is 1. The van der Waals surface area contributed by atoms with Gasteiger partial charge in [0, 0.05) is 19.2 Å². The molecule has 0 spiro atoms. The number of carboxylic acids is 1. The molecular formula is C20H23N3O4. The van der Waals surface area contributed by atoms with Crippen LogP contribution in [0, 0.1) is 5.92 Å². The summed E-state index contributed by atoms with van der Waals surface area (Å²) in [5.41, 5.74) is 1.71. The SMILES string of the molecule is CCc1cccc(Oc2ccc(NC(=O)N3CCCC(C(=O)O)C3)cn2)c1. The van der Waals surface area contributed by atoms with Gasteiger partial charge in [0.1, 0.15) is 5.75 Å². The van der Waals surface area contributed by atoms with Crippen LogP contribution in [0.1, 0.15) is 25.3 Å². The molecule has 27 heavy (non-hydrogen) atoms. The second-order valence-corrected chi connectivity index (χ2v) is 6.54. The Morgan fingerprint density at radius 2 is 2.19 bits per heavy atom. The quantitative estimate of drug-likeness (QED) is 0.837. The monoisotopic (exact) mass is 369 g/mol. The molecule has 1 saturated heterocycles. The number of likely N-dealkylation sites (tertiary alicyclic amines) is 1. The highest BCUT2D eigenvalue weighted by Crippen LogP contribution is 2.22. The molecule has 0 aliphatic carbocycles. The van der Waals surface area contributed by atoms with Gasteiger partial charge in [-0.1, -0.05) is 19.1 Å². The van der Waals surface area contributed by atoms with Crippen LogP contribution in [0.3, 0.4) is 0 Å². The third-order valence-electron chi connectivity index (χ3n) is 4.57. The summed E-state index contributed by atoms with van der Waals surface area (Å²) in [6, 6.07) is 10.9. The Morgan fingerprint density at radius 3 is 2.89 bits per heavy atom. The van der Waals surface area contributed by atoms with Gasteiger partial charge in [-0.15, -0.1) is 0 Å². The van der Waals surface area contributed by atoms with Crippen LogP contribution >= 0.6 is 0 Å². The lowest BCUT2D eigenvalue weighted by molar-refractivity contribution is -0.143. The number of urea groups is 1. The van der Waals surface area contributed by atoms with E-state index in [9.17, 15) is 9.59 Å². The Kier molecular flexibility index (Phi) is 5.90. The standard InChI is InChI=1S/C20H23N3O4/c1-2-14-5-3-7-17(11-14)27-18-9-8-16(12-21-18)22-20(26)23-10-4-6-15(13-23)19(24)25/h3,5,7-9,11-12,15H,2,4,6,10,13H2,1H3,(H,22,26)(H,24,25). The lowest BCUT2D eigenvalue weighted by atomic mass is 9.99. The van der Waals surface area contributed by atoms with E-state index in [0.29, 0.717) is 36.7 Å². The van der Waals surface area contributed by atoms with Gasteiger partial charge >= 0.3 is 12.0 Å². The number of benzene rings is 1. The van der Waals surface area contributed by atoms with Crippen molar-refractivity contribution in [1.82, 2.24) is 9.88 Å². The fraction of sp³-hybridized carbons (Fsp3) is 0.350. The van der Waals surface area contributed by atoms with Crippen LogP contribution in [-0.4, -0.2) is 40.1 Å². The van der Waals surface area contributed by atoms with Crippen molar-refractivity contribution in [2.75, 3.05) is 18.4 Å². The molecule has 2 amide bonds. The third kappa shape index (κ3) is 4.97. The largest absolute Gasteiger partial charge is 0.481 e. The Bertz CT molecular complexity index is 807. The number of nitrogens with zero attached hydrogens (tertiary/aromatic N) is 2. The number of aryl methyl sites for hydroxylation is 1. The van der Waals surface area contributed by atoms with Crippen molar-refractivity contribution in [3.8, 4) is 11.6 Å². The number of hydrogen-bond acceptors (Lipinski definition) is 4. The summed E-state index contributed by atoms with van der Waals surface area (Å²) in [7, 11) is 0. The first-order valence-electron chi connectivity index (χ1n) is 9.06. The van der Waals surface area contributed by atoms with E-state index in [0.717, 1.165) is 6.42 Å². The molecule has 0 bridgehead atoms. The minimum Gasteiger partial charge on any atom is -0.481 e. The minimum absolute atomic E-state index is 0.226. The molecule has 2 N–H and O–H groups in total. The Balaban J connectivity index is 1.58. The van der Waals surface area contributed by atoms with Gasteiger partial charge in [0.2, 0.25) is 5.88 Å². The summed E-state index contributed by atoms with van der Waals surface area (Å²) in [5.74, 6) is -0.211. The zero-order chi connectivity index (χ0) is 19.2. The first-order valence-corrected chi connectivity index (χ1v) is 9.06. The number of aromatic nitrogens is 1. The zero-order valence-corrected chi connectivity index (χ0v) is 15.2. The highest BCUT2D eigenvalue weighted by molar-refractivity contribution is 5.89. The molecule has 2 aromatic rings. The summed E-state index contributed by atoms with van der Waals surface area (Å²) < 4.78 is 5.74. The van der Waals surface area contributed by atoms with E-state index in [1.165, 1.54) is 16.7 Å². The molecule has 7 heteroatoms. The summed E-state index contributed by atoms with van der Waals surface area (Å²) >= 11 is 0. The second kappa shape index (κ2) is 8.53. The third-order valence-corrected chi connectivity index (χ3v) is 4.57. The molecule has 0 radical (unpaired) electrons. The van der Waals surface area contributed by atoms with Crippen LogP contribution in [0.15, 0.2) is 42.6 Å². The molecule has 1 aromatic heterocycles. The average Bonchev–Trinajstić information content (AvgIpc) is 2.69. The molecular weight excluding hydrogens is 346 g/mol. The number of carboxylic acid groups (broad SMARTS) is 1. The molecule has 1 unspecified atom stereocenters. The maximum absolute atomic E-state index is 12.3. The topological polar surface area (TPSA) is 91.8 Å². The molecule has 2 heterocycles. The van der Waals surface area contributed by atoms with Gasteiger partial charge in [-0.3, -0.25) is 4.79 Å². The van der Waals surface area contributed by atoms with E-state index in [-0.39, 0.29) is 12.6 Å². The second-order valence-electron chi connectivity index (χ2n) is 6.54. The van der Waals surface area contributed by atoms with Gasteiger partial charge in [-0.05, 0) is 43.0 Å². The van der Waals surface area contributed by atoms with E-state index >= 15 is 0 Å². The number of amides is 2. The van der Waals surface area contributed by atoms with Crippen molar-refractivity contribution in [3.05, 3.63) is 48.2 Å². The van der Waals surface area contributed by atoms with E-state index in [4.69, 9.17) is 9.84 Å². The smallest absolute Gasteiger partial charge is 0.321 e. The van der Waals surface area contributed by atoms with Gasteiger partial charge in [-0.2, -0.15) is 0 Å². The number of piperidine rings is 1. The maximum Gasteiger partial charge on any atom is 0.321 e. The highest BCUT2D eigenvalue weighted by atomic mass is 16.5. The first-order chi connectivity index (χ1) is 13.0. The van der Waals surface area contributed by atoms with Crippen LogP contribution in [0.2, 0.25) is 0 Å². The number of hydrogen-bond donors (Lipinski definition) is 2. The number of carbonyl (C=O) groups excluding carboxylic acids is 1. The van der Waals surface area contributed by atoms with Gasteiger partial charge in [0.25, 0.3) is 0 Å². The molecule has 1 atom stereocenters. The molecule has 1 aliphatic heterocycles. The highest BCUT2D eigenvalue weighted by Gasteiger charge is 2.28. The van der Waals surface area contributed by atoms with E-state index in [2.05, 4.69) is 17.2 Å². The van der Waals surface area contributed by atoms with Crippen molar-refractivity contribution in [1.29, 1.82) is 0 Å². The molecule has 3 rings (SSSR count).